The van der Waals surface area contributed by atoms with Crippen molar-refractivity contribution in [1.29, 1.82) is 0 Å². The highest BCUT2D eigenvalue weighted by Gasteiger charge is 2.30. The standard InChI is InChI=1S/C20H17F3N2O2/c21-20(22,23)15-8-4-9-16(12-15)25-19(26)18(14-6-2-1-3-7-14)24-13-17-10-5-11-27-17/h1-12,18,24H,13H2,(H,25,26)/t18-/m1/s1. The van der Waals surface area contributed by atoms with Crippen molar-refractivity contribution in [3.8, 4) is 0 Å². The number of rotatable bonds is 6. The molecule has 0 fully saturated rings. The van der Waals surface area contributed by atoms with Crippen LogP contribution in [0.5, 0.6) is 0 Å². The summed E-state index contributed by atoms with van der Waals surface area (Å²) < 4.78 is 43.9. The molecule has 0 aliphatic rings. The van der Waals surface area contributed by atoms with Crippen LogP contribution in [0.25, 0.3) is 0 Å². The maximum absolute atomic E-state index is 12.9. The first-order valence-electron chi connectivity index (χ1n) is 8.22. The summed E-state index contributed by atoms with van der Waals surface area (Å²) in [6.07, 6.45) is -2.95. The smallest absolute Gasteiger partial charge is 0.416 e. The molecule has 27 heavy (non-hydrogen) atoms. The summed E-state index contributed by atoms with van der Waals surface area (Å²) in [5.74, 6) is 0.176. The summed E-state index contributed by atoms with van der Waals surface area (Å²) in [6.45, 7) is 0.294. The fourth-order valence-corrected chi connectivity index (χ4v) is 2.61. The van der Waals surface area contributed by atoms with Gasteiger partial charge in [0, 0.05) is 5.69 Å². The molecule has 0 aliphatic heterocycles. The third-order valence-corrected chi connectivity index (χ3v) is 3.91. The Morgan fingerprint density at radius 2 is 1.78 bits per heavy atom. The van der Waals surface area contributed by atoms with Gasteiger partial charge in [0.15, 0.2) is 0 Å². The second kappa shape index (κ2) is 8.09. The Bertz CT molecular complexity index is 878. The molecular weight excluding hydrogens is 357 g/mol. The van der Waals surface area contributed by atoms with Gasteiger partial charge in [0.1, 0.15) is 11.8 Å². The Labute approximate surface area is 154 Å². The van der Waals surface area contributed by atoms with E-state index in [2.05, 4.69) is 10.6 Å². The summed E-state index contributed by atoms with van der Waals surface area (Å²) >= 11 is 0. The number of hydrogen-bond acceptors (Lipinski definition) is 3. The lowest BCUT2D eigenvalue weighted by Gasteiger charge is -2.19. The average molecular weight is 374 g/mol. The van der Waals surface area contributed by atoms with Gasteiger partial charge < -0.3 is 9.73 Å². The molecule has 0 saturated heterocycles. The molecule has 1 aromatic heterocycles. The molecule has 2 N–H and O–H groups in total. The molecule has 3 aromatic rings. The molecule has 0 bridgehead atoms. The van der Waals surface area contributed by atoms with Crippen molar-refractivity contribution in [3.63, 3.8) is 0 Å². The number of hydrogen-bond donors (Lipinski definition) is 2. The highest BCUT2D eigenvalue weighted by atomic mass is 19.4. The maximum Gasteiger partial charge on any atom is 0.416 e. The zero-order chi connectivity index (χ0) is 19.3. The van der Waals surface area contributed by atoms with Crippen molar-refractivity contribution in [2.45, 2.75) is 18.8 Å². The first-order chi connectivity index (χ1) is 12.9. The second-order valence-electron chi connectivity index (χ2n) is 5.87. The number of carbonyl (C=O) groups is 1. The van der Waals surface area contributed by atoms with E-state index in [0.717, 1.165) is 12.1 Å². The van der Waals surface area contributed by atoms with Gasteiger partial charge in [-0.3, -0.25) is 10.1 Å². The third kappa shape index (κ3) is 4.98. The summed E-state index contributed by atoms with van der Waals surface area (Å²) in [4.78, 5) is 12.7. The van der Waals surface area contributed by atoms with Crippen LogP contribution < -0.4 is 10.6 Å². The van der Waals surface area contributed by atoms with E-state index < -0.39 is 23.7 Å². The number of benzene rings is 2. The van der Waals surface area contributed by atoms with Crippen molar-refractivity contribution < 1.29 is 22.4 Å². The topological polar surface area (TPSA) is 54.3 Å². The lowest BCUT2D eigenvalue weighted by atomic mass is 10.1. The van der Waals surface area contributed by atoms with Crippen LogP contribution in [0.1, 0.15) is 22.9 Å². The molecule has 0 unspecified atom stereocenters. The minimum atomic E-state index is -4.48. The Hall–Kier alpha value is -3.06. The van der Waals surface area contributed by atoms with E-state index in [4.69, 9.17) is 4.42 Å². The van der Waals surface area contributed by atoms with Crippen molar-refractivity contribution in [1.82, 2.24) is 5.32 Å². The lowest BCUT2D eigenvalue weighted by Crippen LogP contribution is -2.32. The number of amides is 1. The first-order valence-corrected chi connectivity index (χ1v) is 8.22. The monoisotopic (exact) mass is 374 g/mol. The van der Waals surface area contributed by atoms with Crippen LogP contribution in [0.3, 0.4) is 0 Å². The Morgan fingerprint density at radius 1 is 1.00 bits per heavy atom. The molecule has 0 spiro atoms. The molecule has 7 heteroatoms. The SMILES string of the molecule is O=C(Nc1cccc(C(F)(F)F)c1)[C@H](NCc1ccco1)c1ccccc1. The Morgan fingerprint density at radius 3 is 2.44 bits per heavy atom. The maximum atomic E-state index is 12.9. The van der Waals surface area contributed by atoms with Crippen LogP contribution in [0.15, 0.2) is 77.4 Å². The van der Waals surface area contributed by atoms with Gasteiger partial charge in [0.05, 0.1) is 18.4 Å². The summed E-state index contributed by atoms with van der Waals surface area (Å²) in [6, 6.07) is 16.2. The summed E-state index contributed by atoms with van der Waals surface area (Å²) in [7, 11) is 0. The molecule has 2 aromatic carbocycles. The van der Waals surface area contributed by atoms with E-state index in [-0.39, 0.29) is 5.69 Å². The zero-order valence-corrected chi connectivity index (χ0v) is 14.2. The molecule has 1 amide bonds. The summed E-state index contributed by atoms with van der Waals surface area (Å²) in [5, 5.41) is 5.63. The van der Waals surface area contributed by atoms with E-state index >= 15 is 0 Å². The molecule has 4 nitrogen and oxygen atoms in total. The number of alkyl halides is 3. The van der Waals surface area contributed by atoms with Crippen LogP contribution in [-0.4, -0.2) is 5.91 Å². The van der Waals surface area contributed by atoms with Gasteiger partial charge in [0.25, 0.3) is 0 Å². The van der Waals surface area contributed by atoms with Crippen LogP contribution in [0, 0.1) is 0 Å². The Balaban J connectivity index is 1.78. The second-order valence-corrected chi connectivity index (χ2v) is 5.87. The predicted molar refractivity (Wildman–Crippen MR) is 94.8 cm³/mol. The van der Waals surface area contributed by atoms with Crippen LogP contribution in [0.4, 0.5) is 18.9 Å². The van der Waals surface area contributed by atoms with Crippen molar-refractivity contribution >= 4 is 11.6 Å². The third-order valence-electron chi connectivity index (χ3n) is 3.91. The quantitative estimate of drug-likeness (QED) is 0.654. The van der Waals surface area contributed by atoms with Crippen molar-refractivity contribution in [2.75, 3.05) is 5.32 Å². The average Bonchev–Trinajstić information content (AvgIpc) is 3.16. The van der Waals surface area contributed by atoms with Gasteiger partial charge in [0.2, 0.25) is 5.91 Å². The van der Waals surface area contributed by atoms with E-state index in [9.17, 15) is 18.0 Å². The van der Waals surface area contributed by atoms with Gasteiger partial charge in [-0.2, -0.15) is 13.2 Å². The van der Waals surface area contributed by atoms with E-state index in [1.54, 1.807) is 36.4 Å². The fraction of sp³-hybridized carbons (Fsp3) is 0.150. The molecule has 0 aliphatic carbocycles. The van der Waals surface area contributed by atoms with Gasteiger partial charge >= 0.3 is 6.18 Å². The normalized spacial score (nSPS) is 12.6. The highest BCUT2D eigenvalue weighted by molar-refractivity contribution is 5.95. The Kier molecular flexibility index (Phi) is 5.61. The molecular formula is C20H17F3N2O2. The largest absolute Gasteiger partial charge is 0.468 e. The fourth-order valence-electron chi connectivity index (χ4n) is 2.61. The van der Waals surface area contributed by atoms with Crippen molar-refractivity contribution in [2.24, 2.45) is 0 Å². The van der Waals surface area contributed by atoms with Crippen LogP contribution in [0.2, 0.25) is 0 Å². The van der Waals surface area contributed by atoms with Crippen LogP contribution in [-0.2, 0) is 17.5 Å². The van der Waals surface area contributed by atoms with Gasteiger partial charge in [-0.15, -0.1) is 0 Å². The summed E-state index contributed by atoms with van der Waals surface area (Å²) in [5.41, 5.74) is -0.0517. The number of carbonyl (C=O) groups excluding carboxylic acids is 1. The minimum Gasteiger partial charge on any atom is -0.468 e. The van der Waals surface area contributed by atoms with E-state index in [0.29, 0.717) is 17.9 Å². The zero-order valence-electron chi connectivity index (χ0n) is 14.2. The van der Waals surface area contributed by atoms with E-state index in [1.165, 1.54) is 18.4 Å². The first kappa shape index (κ1) is 18.7. The molecule has 0 saturated carbocycles. The number of anilines is 1. The minimum absolute atomic E-state index is 0.0792. The molecule has 1 atom stereocenters. The predicted octanol–water partition coefficient (Wildman–Crippen LogP) is 4.77. The lowest BCUT2D eigenvalue weighted by molar-refractivity contribution is -0.137. The molecule has 140 valence electrons. The van der Waals surface area contributed by atoms with Crippen molar-refractivity contribution in [3.05, 3.63) is 89.9 Å². The number of nitrogens with one attached hydrogen (secondary N) is 2. The van der Waals surface area contributed by atoms with Gasteiger partial charge in [-0.05, 0) is 35.9 Å². The van der Waals surface area contributed by atoms with Gasteiger partial charge in [-0.1, -0.05) is 36.4 Å². The molecule has 0 radical (unpaired) electrons. The van der Waals surface area contributed by atoms with Crippen LogP contribution >= 0.6 is 0 Å². The molecule has 1 heterocycles. The number of furan rings is 1. The van der Waals surface area contributed by atoms with E-state index in [1.807, 2.05) is 6.07 Å². The molecule has 3 rings (SSSR count). The van der Waals surface area contributed by atoms with Gasteiger partial charge in [-0.25, -0.2) is 0 Å². The number of halogens is 3. The highest BCUT2D eigenvalue weighted by Crippen LogP contribution is 2.31.